The molecule has 0 aliphatic rings. The minimum Gasteiger partial charge on any atom is -0.491 e. The number of benzene rings is 4. The number of ketones is 3. The number of aliphatic hydroxyl groups is 2. The molecule has 378 valence electrons. The van der Waals surface area contributed by atoms with Crippen molar-refractivity contribution < 1.29 is 82.2 Å². The van der Waals surface area contributed by atoms with Crippen LogP contribution in [0.5, 0.6) is 17.2 Å². The highest BCUT2D eigenvalue weighted by Gasteiger charge is 2.26. The second-order valence-corrected chi connectivity index (χ2v) is 14.0. The zero-order chi connectivity index (χ0) is 51.1. The van der Waals surface area contributed by atoms with Crippen LogP contribution in [0.2, 0.25) is 0 Å². The van der Waals surface area contributed by atoms with Gasteiger partial charge in [-0.05, 0) is 106 Å². The van der Waals surface area contributed by atoms with Crippen molar-refractivity contribution in [1.82, 2.24) is 0 Å². The Bertz CT molecular complexity index is 2250. The van der Waals surface area contributed by atoms with E-state index in [-0.39, 0.29) is 39.4 Å². The van der Waals surface area contributed by atoms with Crippen LogP contribution in [0.1, 0.15) is 85.6 Å². The fraction of sp³-hybridized carbons (Fsp3) is 0.245. The van der Waals surface area contributed by atoms with Crippen LogP contribution in [0.25, 0.3) is 0 Å². The number of carbonyl (C=O) groups is 6. The van der Waals surface area contributed by atoms with E-state index in [4.69, 9.17) is 28.6 Å². The van der Waals surface area contributed by atoms with Crippen LogP contribution in [-0.2, 0) is 43.4 Å². The highest BCUT2D eigenvalue weighted by Crippen LogP contribution is 2.20. The second-order valence-electron chi connectivity index (χ2n) is 14.0. The maximum Gasteiger partial charge on any atom is 0.336 e. The van der Waals surface area contributed by atoms with Crippen LogP contribution in [-0.4, -0.2) is 83.5 Å². The molecule has 0 aliphatic heterocycles. The Morgan fingerprint density at radius 3 is 1.46 bits per heavy atom. The van der Waals surface area contributed by atoms with E-state index in [1.54, 1.807) is 36.4 Å². The van der Waals surface area contributed by atoms with Crippen molar-refractivity contribution in [2.24, 2.45) is 0 Å². The Morgan fingerprint density at radius 2 is 1.00 bits per heavy atom. The number of esters is 3. The van der Waals surface area contributed by atoms with Gasteiger partial charge < -0.3 is 43.5 Å². The lowest BCUT2D eigenvalue weighted by Crippen LogP contribution is -2.31. The monoisotopic (exact) mass is 972 g/mol. The molecule has 0 amide bonds. The lowest BCUT2D eigenvalue weighted by atomic mass is 9.97. The van der Waals surface area contributed by atoms with E-state index in [1.807, 2.05) is 18.2 Å². The molecule has 4 aromatic carbocycles. The number of hydrogen-bond donors (Lipinski definition) is 2. The van der Waals surface area contributed by atoms with Crippen LogP contribution in [0.4, 0.5) is 0 Å². The molecule has 0 saturated carbocycles. The lowest BCUT2D eigenvalue weighted by Gasteiger charge is -2.15. The molecular weight excluding hydrogens is 909 g/mol. The quantitative estimate of drug-likeness (QED) is 0.00637. The third-order valence-electron chi connectivity index (χ3n) is 7.99. The van der Waals surface area contributed by atoms with E-state index in [9.17, 15) is 39.0 Å². The Hall–Kier alpha value is -7.96. The summed E-state index contributed by atoms with van der Waals surface area (Å²) in [4.78, 5) is 80.1. The van der Waals surface area contributed by atoms with Gasteiger partial charge in [-0.25, -0.2) is 9.59 Å². The summed E-state index contributed by atoms with van der Waals surface area (Å²) < 4.78 is 30.3. The fourth-order valence-electron chi connectivity index (χ4n) is 4.73. The average Bonchev–Trinajstić information content (AvgIpc) is 3.34. The van der Waals surface area contributed by atoms with Crippen LogP contribution in [0.15, 0.2) is 167 Å². The molecule has 0 saturated heterocycles. The van der Waals surface area contributed by atoms with Gasteiger partial charge in [0.15, 0.2) is 23.6 Å². The molecule has 70 heavy (non-hydrogen) atoms. The Labute approximate surface area is 409 Å². The van der Waals surface area contributed by atoms with E-state index in [0.29, 0.717) is 39.5 Å². The predicted octanol–water partition coefficient (Wildman–Crippen LogP) is 9.25. The molecule has 2 N–H and O–H groups in total. The maximum atomic E-state index is 12.3. The van der Waals surface area contributed by atoms with Crippen molar-refractivity contribution in [2.45, 2.75) is 60.2 Å². The summed E-state index contributed by atoms with van der Waals surface area (Å²) in [5.41, 5.74) is -1.36. The van der Waals surface area contributed by atoms with Gasteiger partial charge in [-0.1, -0.05) is 58.3 Å². The third-order valence-corrected chi connectivity index (χ3v) is 7.99. The molecule has 17 heteroatoms. The van der Waals surface area contributed by atoms with Crippen LogP contribution < -0.4 is 14.2 Å². The first-order valence-corrected chi connectivity index (χ1v) is 20.1. The number of Topliss-reactive ketones (excluding diaryl/α,β-unsaturated/α-hetero) is 2. The predicted molar refractivity (Wildman–Crippen MR) is 262 cm³/mol. The molecule has 0 aliphatic carbocycles. The smallest absolute Gasteiger partial charge is 0.336 e. The van der Waals surface area contributed by atoms with Gasteiger partial charge in [-0.3, -0.25) is 19.2 Å². The molecule has 0 spiro atoms. The standard InChI is InChI=1S/C27H30O10.C20H18O7.2C2H4.2CH4/c1-17(25(31)37-16-35-21-12-8-19(9-13-21)24(30)27(4,5)33)14-22(28)36-15-34-20-10-6-18(7-11-20)23(29)26(2,3)32;1-2-19(21)24-13-15-26-27-25-14-12-23-18-10-8-17(9-11-18)20(22)16-6-4-3-5-7-16;2*1-2;;/h6-13,32-33H,1,14-16H2,2-5H3;2-11,13,15H,1,12,14H2;2*1-2H2;2*1H4/b;15-13+;;;;. The summed E-state index contributed by atoms with van der Waals surface area (Å²) in [6.45, 7) is 23.7. The van der Waals surface area contributed by atoms with Crippen molar-refractivity contribution in [3.63, 3.8) is 0 Å². The van der Waals surface area contributed by atoms with Gasteiger partial charge in [0, 0.05) is 33.9 Å². The van der Waals surface area contributed by atoms with Gasteiger partial charge in [0.2, 0.25) is 13.6 Å². The molecule has 4 rings (SSSR count). The van der Waals surface area contributed by atoms with Crippen molar-refractivity contribution in [2.75, 3.05) is 26.8 Å². The van der Waals surface area contributed by atoms with E-state index in [1.165, 1.54) is 76.2 Å². The largest absolute Gasteiger partial charge is 0.491 e. The number of carbonyl (C=O) groups excluding carboxylic acids is 6. The SMILES string of the molecule is C.C.C=C.C=C.C=C(CC(=O)OCOc1ccc(C(=O)C(C)(C)O)cc1)C(=O)OCOc1ccc(C(=O)C(C)(C)O)cc1.C=CC(=O)O/C=C/OOOCCOc1ccc(C(=O)c2ccccc2)cc1. The molecule has 0 bridgehead atoms. The van der Waals surface area contributed by atoms with Gasteiger partial charge >= 0.3 is 17.9 Å². The van der Waals surface area contributed by atoms with Crippen LogP contribution in [0, 0.1) is 0 Å². The molecule has 0 heterocycles. The van der Waals surface area contributed by atoms with Crippen molar-refractivity contribution in [3.8, 4) is 17.2 Å². The summed E-state index contributed by atoms with van der Waals surface area (Å²) in [5, 5.41) is 23.9. The first-order valence-electron chi connectivity index (χ1n) is 20.1. The second kappa shape index (κ2) is 34.3. The van der Waals surface area contributed by atoms with Crippen molar-refractivity contribution in [1.29, 1.82) is 0 Å². The minimum absolute atomic E-state index is 0. The average molecular weight is 973 g/mol. The Morgan fingerprint density at radius 1 is 0.571 bits per heavy atom. The van der Waals surface area contributed by atoms with Gasteiger partial charge in [0.25, 0.3) is 0 Å². The van der Waals surface area contributed by atoms with E-state index >= 15 is 0 Å². The third kappa shape index (κ3) is 24.7. The van der Waals surface area contributed by atoms with E-state index < -0.39 is 60.7 Å². The molecular formula is C53H64O17. The summed E-state index contributed by atoms with van der Waals surface area (Å²) in [6, 6.07) is 27.7. The Balaban J connectivity index is 0. The summed E-state index contributed by atoms with van der Waals surface area (Å²) in [7, 11) is 0. The molecule has 0 radical (unpaired) electrons. The Kier molecular flexibility index (Phi) is 31.5. The zero-order valence-corrected chi connectivity index (χ0v) is 38.3. The first kappa shape index (κ1) is 64.1. The summed E-state index contributed by atoms with van der Waals surface area (Å²) in [6.07, 6.45) is 2.52. The number of hydrogen-bond acceptors (Lipinski definition) is 17. The lowest BCUT2D eigenvalue weighted by molar-refractivity contribution is -0.490. The van der Waals surface area contributed by atoms with Crippen LogP contribution in [0.3, 0.4) is 0 Å². The molecule has 4 aromatic rings. The highest BCUT2D eigenvalue weighted by atomic mass is 17.5. The van der Waals surface area contributed by atoms with E-state index in [2.05, 4.69) is 54.1 Å². The first-order chi connectivity index (χ1) is 32.4. The molecule has 0 atom stereocenters. The van der Waals surface area contributed by atoms with Crippen LogP contribution >= 0.6 is 0 Å². The topological polar surface area (TPSA) is 226 Å². The molecule has 0 unspecified atom stereocenters. The van der Waals surface area contributed by atoms with Gasteiger partial charge in [0.1, 0.15) is 47.9 Å². The molecule has 17 nitrogen and oxygen atoms in total. The number of ether oxygens (including phenoxy) is 6. The summed E-state index contributed by atoms with van der Waals surface area (Å²) >= 11 is 0. The highest BCUT2D eigenvalue weighted by molar-refractivity contribution is 6.09. The fourth-order valence-corrected chi connectivity index (χ4v) is 4.73. The van der Waals surface area contributed by atoms with Gasteiger partial charge in [-0.2, -0.15) is 4.89 Å². The minimum atomic E-state index is -1.50. The van der Waals surface area contributed by atoms with E-state index in [0.717, 1.165) is 18.6 Å². The number of rotatable bonds is 24. The van der Waals surface area contributed by atoms with Crippen molar-refractivity contribution >= 4 is 35.3 Å². The molecule has 0 fully saturated rings. The zero-order valence-electron chi connectivity index (χ0n) is 38.3. The maximum absolute atomic E-state index is 12.3. The van der Waals surface area contributed by atoms with Gasteiger partial charge in [-0.15, -0.1) is 26.3 Å². The van der Waals surface area contributed by atoms with Gasteiger partial charge in [0.05, 0.1) is 6.42 Å². The normalized spacial score (nSPS) is 10.1. The summed E-state index contributed by atoms with van der Waals surface area (Å²) in [5.74, 6) is -1.98. The molecule has 0 aromatic heterocycles. The van der Waals surface area contributed by atoms with Crippen molar-refractivity contribution in [3.05, 3.63) is 189 Å².